The number of hydrogen-bond acceptors (Lipinski definition) is 7. The molecule has 11 heteroatoms. The molecule has 10 nitrogen and oxygen atoms in total. The molecule has 0 aliphatic heterocycles. The Morgan fingerprint density at radius 3 is 2.40 bits per heavy atom. The molecule has 0 aliphatic carbocycles. The van der Waals surface area contributed by atoms with Crippen LogP contribution >= 0.6 is 0 Å². The predicted molar refractivity (Wildman–Crippen MR) is 214 cm³/mol. The summed E-state index contributed by atoms with van der Waals surface area (Å²) < 4.78 is 12.2. The number of fused-ring (bicyclic) bond motifs is 1. The molecule has 1 heterocycles. The standard InChI is InChI=1S/C42H48N4O6Si/c1-42(2,3)53(4,5)52-37(33-21-23-35(47)40-34(33)22-24-39(49)46-40)27-44-26-29-15-18-31(19-16-29)45-38(48)14-10-9-11-28-17-20-32(30-12-7-6-8-13-30)36(25-28)51-41(43)50/h6-9,11-13,15-25,37,44,47H,10,14,26-27H2,1-5H3,(H2,43,50)(H,45,48)(H,46,49)/b11-9+/t37-/m0/s1. The van der Waals surface area contributed by atoms with Gasteiger partial charge in [0.1, 0.15) is 11.5 Å². The maximum absolute atomic E-state index is 12.7. The van der Waals surface area contributed by atoms with Gasteiger partial charge in [0.15, 0.2) is 8.32 Å². The molecule has 4 aromatic carbocycles. The van der Waals surface area contributed by atoms with E-state index in [1.54, 1.807) is 18.2 Å². The Kier molecular flexibility index (Phi) is 12.3. The highest BCUT2D eigenvalue weighted by atomic mass is 28.4. The zero-order valence-corrected chi connectivity index (χ0v) is 31.9. The first-order valence-corrected chi connectivity index (χ1v) is 20.6. The molecule has 0 spiro atoms. The van der Waals surface area contributed by atoms with Gasteiger partial charge in [-0.3, -0.25) is 9.59 Å². The van der Waals surface area contributed by atoms with E-state index in [0.717, 1.165) is 33.2 Å². The van der Waals surface area contributed by atoms with Crippen LogP contribution in [-0.2, 0) is 15.8 Å². The third-order valence-electron chi connectivity index (χ3n) is 9.54. The van der Waals surface area contributed by atoms with Crippen molar-refractivity contribution >= 4 is 43.0 Å². The van der Waals surface area contributed by atoms with Crippen molar-refractivity contribution in [1.82, 2.24) is 10.3 Å². The van der Waals surface area contributed by atoms with Gasteiger partial charge in [-0.2, -0.15) is 0 Å². The number of allylic oxidation sites excluding steroid dienone is 1. The quantitative estimate of drug-likeness (QED) is 0.0716. The Hall–Kier alpha value is -5.49. The van der Waals surface area contributed by atoms with Gasteiger partial charge < -0.3 is 35.6 Å². The number of nitrogens with two attached hydrogens (primary N) is 1. The second-order valence-corrected chi connectivity index (χ2v) is 19.3. The summed E-state index contributed by atoms with van der Waals surface area (Å²) in [6, 6.07) is 29.5. The zero-order chi connectivity index (χ0) is 38.2. The van der Waals surface area contributed by atoms with Gasteiger partial charge in [0.05, 0.1) is 11.6 Å². The lowest BCUT2D eigenvalue weighted by Crippen LogP contribution is -2.43. The van der Waals surface area contributed by atoms with Gasteiger partial charge >= 0.3 is 6.09 Å². The molecule has 6 N–H and O–H groups in total. The minimum absolute atomic E-state index is 0.0153. The number of primary amides is 1. The second-order valence-electron chi connectivity index (χ2n) is 14.5. The molecule has 0 radical (unpaired) electrons. The van der Waals surface area contributed by atoms with Crippen molar-refractivity contribution < 1.29 is 23.9 Å². The van der Waals surface area contributed by atoms with Crippen LogP contribution in [0.5, 0.6) is 11.5 Å². The number of ether oxygens (including phenoxy) is 1. The highest BCUT2D eigenvalue weighted by Crippen LogP contribution is 2.41. The van der Waals surface area contributed by atoms with Gasteiger partial charge in [-0.25, -0.2) is 4.79 Å². The minimum atomic E-state index is -2.21. The Morgan fingerprint density at radius 2 is 1.70 bits per heavy atom. The maximum Gasteiger partial charge on any atom is 0.409 e. The normalized spacial score (nSPS) is 12.5. The maximum atomic E-state index is 12.7. The van der Waals surface area contributed by atoms with E-state index >= 15 is 0 Å². The Bertz CT molecular complexity index is 2140. The fourth-order valence-corrected chi connectivity index (χ4v) is 6.96. The number of carbonyl (C=O) groups is 2. The van der Waals surface area contributed by atoms with E-state index in [9.17, 15) is 19.5 Å². The number of nitrogens with one attached hydrogen (secondary N) is 3. The van der Waals surface area contributed by atoms with E-state index in [-0.39, 0.29) is 28.4 Å². The molecule has 5 aromatic rings. The zero-order valence-electron chi connectivity index (χ0n) is 30.9. The summed E-state index contributed by atoms with van der Waals surface area (Å²) in [5.74, 6) is 0.276. The first-order valence-electron chi connectivity index (χ1n) is 17.7. The number of phenols is 1. The number of H-pyrrole nitrogens is 1. The first kappa shape index (κ1) is 38.7. The Labute approximate surface area is 311 Å². The number of aromatic amines is 1. The topological polar surface area (TPSA) is 156 Å². The number of rotatable bonds is 14. The molecule has 0 bridgehead atoms. The van der Waals surface area contributed by atoms with Gasteiger partial charge in [0, 0.05) is 42.2 Å². The molecule has 1 atom stereocenters. The molecular weight excluding hydrogens is 685 g/mol. The molecule has 1 aromatic heterocycles. The highest BCUT2D eigenvalue weighted by Gasteiger charge is 2.39. The van der Waals surface area contributed by atoms with E-state index < -0.39 is 14.4 Å². The van der Waals surface area contributed by atoms with Gasteiger partial charge in [-0.15, -0.1) is 0 Å². The molecule has 2 amide bonds. The minimum Gasteiger partial charge on any atom is -0.506 e. The van der Waals surface area contributed by atoms with Crippen LogP contribution in [0.4, 0.5) is 10.5 Å². The van der Waals surface area contributed by atoms with Crippen molar-refractivity contribution in [2.45, 2.75) is 64.4 Å². The molecule has 0 fully saturated rings. The number of pyridine rings is 1. The van der Waals surface area contributed by atoms with Crippen molar-refractivity contribution in [3.63, 3.8) is 0 Å². The van der Waals surface area contributed by atoms with E-state index in [2.05, 4.69) is 49.5 Å². The fraction of sp³-hybridized carbons (Fsp3) is 0.262. The third-order valence-corrected chi connectivity index (χ3v) is 14.0. The molecule has 276 valence electrons. The van der Waals surface area contributed by atoms with Crippen molar-refractivity contribution in [2.24, 2.45) is 5.73 Å². The molecule has 5 rings (SSSR count). The van der Waals surface area contributed by atoms with Gasteiger partial charge in [-0.1, -0.05) is 93.6 Å². The Morgan fingerprint density at radius 1 is 0.962 bits per heavy atom. The van der Waals surface area contributed by atoms with Crippen LogP contribution in [0.3, 0.4) is 0 Å². The molecule has 0 unspecified atom stereocenters. The van der Waals surface area contributed by atoms with Gasteiger partial charge in [0.2, 0.25) is 11.5 Å². The lowest BCUT2D eigenvalue weighted by atomic mass is 10.0. The van der Waals surface area contributed by atoms with E-state index in [0.29, 0.717) is 42.9 Å². The van der Waals surface area contributed by atoms with Crippen molar-refractivity contribution in [3.05, 3.63) is 130 Å². The second kappa shape index (κ2) is 16.9. The Balaban J connectivity index is 1.16. The molecule has 0 aliphatic rings. The summed E-state index contributed by atoms with van der Waals surface area (Å²) in [5.41, 5.74) is 10.5. The average molecular weight is 733 g/mol. The van der Waals surface area contributed by atoms with E-state index in [1.165, 1.54) is 6.07 Å². The number of benzene rings is 4. The lowest BCUT2D eigenvalue weighted by molar-refractivity contribution is -0.116. The average Bonchev–Trinajstić information content (AvgIpc) is 3.10. The van der Waals surface area contributed by atoms with E-state index in [1.807, 2.05) is 84.9 Å². The van der Waals surface area contributed by atoms with Gasteiger partial charge in [-0.05, 0) is 77.1 Å². The lowest BCUT2D eigenvalue weighted by Gasteiger charge is -2.39. The molecule has 53 heavy (non-hydrogen) atoms. The van der Waals surface area contributed by atoms with Crippen LogP contribution in [0.2, 0.25) is 18.1 Å². The number of amides is 2. The number of aromatic nitrogens is 1. The van der Waals surface area contributed by atoms with Crippen LogP contribution in [-0.4, -0.2) is 37.0 Å². The fourth-order valence-electron chi connectivity index (χ4n) is 5.69. The number of anilines is 1. The van der Waals surface area contributed by atoms with Crippen molar-refractivity contribution in [3.8, 4) is 22.6 Å². The monoisotopic (exact) mass is 732 g/mol. The third kappa shape index (κ3) is 10.3. The summed E-state index contributed by atoms with van der Waals surface area (Å²) in [7, 11) is -2.21. The van der Waals surface area contributed by atoms with Crippen LogP contribution in [0, 0.1) is 0 Å². The highest BCUT2D eigenvalue weighted by molar-refractivity contribution is 6.74. The van der Waals surface area contributed by atoms with Crippen LogP contribution < -0.4 is 26.7 Å². The van der Waals surface area contributed by atoms with E-state index in [4.69, 9.17) is 14.9 Å². The summed E-state index contributed by atoms with van der Waals surface area (Å²) in [6.07, 6.45) is 3.39. The summed E-state index contributed by atoms with van der Waals surface area (Å²) in [6.45, 7) is 12.1. The smallest absolute Gasteiger partial charge is 0.409 e. The summed E-state index contributed by atoms with van der Waals surface area (Å²) in [5, 5.41) is 17.7. The van der Waals surface area contributed by atoms with Gasteiger partial charge in [0.25, 0.3) is 0 Å². The number of phenolic OH excluding ortho intramolecular Hbond substituents is 1. The molecule has 0 saturated heterocycles. The summed E-state index contributed by atoms with van der Waals surface area (Å²) >= 11 is 0. The van der Waals surface area contributed by atoms with Crippen molar-refractivity contribution in [1.29, 1.82) is 0 Å². The number of aromatic hydroxyl groups is 1. The molecule has 0 saturated carbocycles. The number of hydrogen-bond donors (Lipinski definition) is 5. The summed E-state index contributed by atoms with van der Waals surface area (Å²) in [4.78, 5) is 39.0. The van der Waals surface area contributed by atoms with Crippen LogP contribution in [0.15, 0.2) is 108 Å². The van der Waals surface area contributed by atoms with Crippen LogP contribution in [0.25, 0.3) is 28.1 Å². The largest absolute Gasteiger partial charge is 0.506 e. The SMILES string of the molecule is CC(C)(C)[Si](C)(C)O[C@@H](CNCc1ccc(NC(=O)CC/C=C/c2ccc(-c3ccccc3)c(OC(N)=O)c2)cc1)c1ccc(O)c2[nH]c(=O)ccc12. The molecular formula is C42H48N4O6Si. The van der Waals surface area contributed by atoms with Crippen LogP contribution in [0.1, 0.15) is 56.4 Å². The number of carbonyl (C=O) groups excluding carboxylic acids is 2. The first-order chi connectivity index (χ1) is 25.2. The predicted octanol–water partition coefficient (Wildman–Crippen LogP) is 8.64. The van der Waals surface area contributed by atoms with Crippen molar-refractivity contribution in [2.75, 3.05) is 11.9 Å².